The lowest BCUT2D eigenvalue weighted by atomic mass is 10.0. The van der Waals surface area contributed by atoms with Gasteiger partial charge in [0, 0.05) is 23.9 Å². The second-order valence-corrected chi connectivity index (χ2v) is 7.06. The highest BCUT2D eigenvalue weighted by Crippen LogP contribution is 2.12. The molecule has 0 spiro atoms. The third-order valence-corrected chi connectivity index (χ3v) is 4.50. The summed E-state index contributed by atoms with van der Waals surface area (Å²) in [6.07, 6.45) is 2.81. The number of hydrogen-bond donors (Lipinski definition) is 2. The van der Waals surface area contributed by atoms with Crippen LogP contribution in [0.25, 0.3) is 0 Å². The Morgan fingerprint density at radius 2 is 2.10 bits per heavy atom. The minimum absolute atomic E-state index is 0.391. The van der Waals surface area contributed by atoms with Gasteiger partial charge in [0.25, 0.3) is 0 Å². The topological polar surface area (TPSA) is 54.4 Å². The van der Waals surface area contributed by atoms with Gasteiger partial charge in [-0.25, -0.2) is 4.98 Å². The second kappa shape index (κ2) is 10.3. The van der Waals surface area contributed by atoms with Gasteiger partial charge in [0.05, 0.1) is 30.5 Å². The minimum Gasteiger partial charge on any atom is -0.389 e. The van der Waals surface area contributed by atoms with Gasteiger partial charge < -0.3 is 15.2 Å². The molecular formula is C16H30N2O2S. The molecule has 0 aromatic carbocycles. The van der Waals surface area contributed by atoms with Gasteiger partial charge in [-0.2, -0.15) is 0 Å². The maximum atomic E-state index is 9.89. The molecule has 21 heavy (non-hydrogen) atoms. The quantitative estimate of drug-likeness (QED) is 0.617. The molecule has 0 saturated heterocycles. The Bertz CT molecular complexity index is 382. The lowest BCUT2D eigenvalue weighted by molar-refractivity contribution is 0.0372. The van der Waals surface area contributed by atoms with E-state index in [1.165, 1.54) is 11.3 Å². The fourth-order valence-electron chi connectivity index (χ4n) is 2.03. The van der Waals surface area contributed by atoms with E-state index in [1.807, 2.05) is 12.4 Å². The molecule has 1 rings (SSSR count). The Kier molecular flexibility index (Phi) is 9.08. The first-order chi connectivity index (χ1) is 9.99. The van der Waals surface area contributed by atoms with Crippen molar-refractivity contribution in [2.45, 2.75) is 59.1 Å². The van der Waals surface area contributed by atoms with Gasteiger partial charge >= 0.3 is 0 Å². The molecule has 1 aromatic heterocycles. The molecule has 2 unspecified atom stereocenters. The van der Waals surface area contributed by atoms with E-state index >= 15 is 0 Å². The first kappa shape index (κ1) is 18.6. The van der Waals surface area contributed by atoms with E-state index in [-0.39, 0.29) is 0 Å². The normalized spacial score (nSPS) is 14.6. The van der Waals surface area contributed by atoms with Gasteiger partial charge in [0.15, 0.2) is 0 Å². The highest BCUT2D eigenvalue weighted by molar-refractivity contribution is 7.09. The van der Waals surface area contributed by atoms with Gasteiger partial charge in [-0.15, -0.1) is 11.3 Å². The van der Waals surface area contributed by atoms with Crippen molar-refractivity contribution in [3.05, 3.63) is 16.1 Å². The third-order valence-electron chi connectivity index (χ3n) is 3.51. The van der Waals surface area contributed by atoms with Crippen LogP contribution in [0.15, 0.2) is 5.51 Å². The molecular weight excluding hydrogens is 284 g/mol. The maximum Gasteiger partial charge on any atom is 0.0897 e. The molecule has 1 aromatic rings. The minimum atomic E-state index is -0.436. The first-order valence-corrected chi connectivity index (χ1v) is 8.75. The molecule has 2 N–H and O–H groups in total. The Morgan fingerprint density at radius 3 is 2.71 bits per heavy atom. The number of aryl methyl sites for hydroxylation is 1. The monoisotopic (exact) mass is 314 g/mol. The molecule has 0 bridgehead atoms. The average molecular weight is 314 g/mol. The van der Waals surface area contributed by atoms with Crippen molar-refractivity contribution in [2.75, 3.05) is 19.8 Å². The molecule has 0 aliphatic rings. The predicted octanol–water partition coefficient (Wildman–Crippen LogP) is 2.79. The first-order valence-electron chi connectivity index (χ1n) is 7.87. The molecule has 4 nitrogen and oxygen atoms in total. The molecule has 122 valence electrons. The zero-order valence-electron chi connectivity index (χ0n) is 13.8. The van der Waals surface area contributed by atoms with Crippen molar-refractivity contribution in [1.82, 2.24) is 10.3 Å². The fraction of sp³-hybridized carbons (Fsp3) is 0.812. The number of aromatic nitrogens is 1. The molecule has 0 aliphatic carbocycles. The van der Waals surface area contributed by atoms with Gasteiger partial charge in [0.1, 0.15) is 0 Å². The number of ether oxygens (including phenoxy) is 1. The van der Waals surface area contributed by atoms with Crippen molar-refractivity contribution < 1.29 is 9.84 Å². The number of hydrogen-bond acceptors (Lipinski definition) is 5. The highest BCUT2D eigenvalue weighted by Gasteiger charge is 2.08. The molecule has 2 atom stereocenters. The van der Waals surface area contributed by atoms with E-state index < -0.39 is 6.10 Å². The van der Waals surface area contributed by atoms with E-state index in [9.17, 15) is 5.11 Å². The van der Waals surface area contributed by atoms with Crippen molar-refractivity contribution in [1.29, 1.82) is 0 Å². The van der Waals surface area contributed by atoms with Gasteiger partial charge in [-0.3, -0.25) is 0 Å². The Labute approximate surface area is 132 Å². The SMILES string of the molecule is Cc1ncsc1CCOCC(O)CNC(C)CCC(C)C. The number of rotatable bonds is 11. The number of nitrogens with one attached hydrogen (secondary N) is 1. The highest BCUT2D eigenvalue weighted by atomic mass is 32.1. The smallest absolute Gasteiger partial charge is 0.0897 e. The number of aliphatic hydroxyl groups excluding tert-OH is 1. The van der Waals surface area contributed by atoms with Crippen LogP contribution in [0, 0.1) is 12.8 Å². The van der Waals surface area contributed by atoms with Crippen molar-refractivity contribution in [3.63, 3.8) is 0 Å². The van der Waals surface area contributed by atoms with Crippen LogP contribution < -0.4 is 5.32 Å². The van der Waals surface area contributed by atoms with Crippen LogP contribution in [-0.2, 0) is 11.2 Å². The van der Waals surface area contributed by atoms with Crippen molar-refractivity contribution in [3.8, 4) is 0 Å². The van der Waals surface area contributed by atoms with Crippen LogP contribution in [0.3, 0.4) is 0 Å². The molecule has 0 amide bonds. The van der Waals surface area contributed by atoms with Crippen LogP contribution >= 0.6 is 11.3 Å². The maximum absolute atomic E-state index is 9.89. The molecule has 0 radical (unpaired) electrons. The summed E-state index contributed by atoms with van der Waals surface area (Å²) in [6, 6.07) is 0.446. The second-order valence-electron chi connectivity index (χ2n) is 6.12. The summed E-state index contributed by atoms with van der Waals surface area (Å²) < 4.78 is 5.54. The summed E-state index contributed by atoms with van der Waals surface area (Å²) in [7, 11) is 0. The van der Waals surface area contributed by atoms with Gasteiger partial charge in [0.2, 0.25) is 0 Å². The molecule has 1 heterocycles. The summed E-state index contributed by atoms with van der Waals surface area (Å²) >= 11 is 1.66. The fourth-order valence-corrected chi connectivity index (χ4v) is 2.79. The van der Waals surface area contributed by atoms with E-state index in [2.05, 4.69) is 31.1 Å². The lowest BCUT2D eigenvalue weighted by Crippen LogP contribution is -2.36. The summed E-state index contributed by atoms with van der Waals surface area (Å²) in [4.78, 5) is 5.48. The van der Waals surface area contributed by atoms with Crippen LogP contribution in [0.5, 0.6) is 0 Å². The largest absolute Gasteiger partial charge is 0.389 e. The average Bonchev–Trinajstić information content (AvgIpc) is 2.84. The van der Waals surface area contributed by atoms with Crippen LogP contribution in [0.2, 0.25) is 0 Å². The van der Waals surface area contributed by atoms with Gasteiger partial charge in [-0.05, 0) is 32.6 Å². The van der Waals surface area contributed by atoms with Crippen LogP contribution in [0.1, 0.15) is 44.2 Å². The molecule has 0 aliphatic heterocycles. The molecule has 0 fully saturated rings. The molecule has 5 heteroatoms. The van der Waals surface area contributed by atoms with E-state index in [1.54, 1.807) is 11.3 Å². The summed E-state index contributed by atoms with van der Waals surface area (Å²) in [5.41, 5.74) is 2.95. The number of thiazole rings is 1. The third kappa shape index (κ3) is 8.51. The van der Waals surface area contributed by atoms with E-state index in [0.29, 0.717) is 25.8 Å². The van der Waals surface area contributed by atoms with Crippen molar-refractivity contribution in [2.24, 2.45) is 5.92 Å². The van der Waals surface area contributed by atoms with Crippen LogP contribution in [-0.4, -0.2) is 42.0 Å². The van der Waals surface area contributed by atoms with Crippen LogP contribution in [0.4, 0.5) is 0 Å². The number of nitrogens with zero attached hydrogens (tertiary/aromatic N) is 1. The standard InChI is InChI=1S/C16H30N2O2S/c1-12(2)5-6-13(3)17-9-15(19)10-20-8-7-16-14(4)18-11-21-16/h11-13,15,17,19H,5-10H2,1-4H3. The summed E-state index contributed by atoms with van der Waals surface area (Å²) in [6.45, 7) is 10.3. The Hall–Kier alpha value is -0.490. The summed E-state index contributed by atoms with van der Waals surface area (Å²) in [5, 5.41) is 13.3. The van der Waals surface area contributed by atoms with E-state index in [0.717, 1.165) is 24.5 Å². The lowest BCUT2D eigenvalue weighted by Gasteiger charge is -2.18. The van der Waals surface area contributed by atoms with Crippen molar-refractivity contribution >= 4 is 11.3 Å². The molecule has 0 saturated carbocycles. The number of aliphatic hydroxyl groups is 1. The zero-order valence-corrected chi connectivity index (χ0v) is 14.6. The van der Waals surface area contributed by atoms with Gasteiger partial charge in [-0.1, -0.05) is 13.8 Å². The van der Waals surface area contributed by atoms with E-state index in [4.69, 9.17) is 4.74 Å². The zero-order chi connectivity index (χ0) is 15.7. The predicted molar refractivity (Wildman–Crippen MR) is 88.9 cm³/mol. The Morgan fingerprint density at radius 1 is 1.33 bits per heavy atom. The summed E-state index contributed by atoms with van der Waals surface area (Å²) in [5.74, 6) is 0.734. The Balaban J connectivity index is 2.03.